The molecular weight excluding hydrogens is 268 g/mol. The molecule has 106 valence electrons. The Balaban J connectivity index is 2.93. The Labute approximate surface area is 117 Å². The van der Waals surface area contributed by atoms with Gasteiger partial charge in [0.15, 0.2) is 0 Å². The summed E-state index contributed by atoms with van der Waals surface area (Å²) in [6.07, 6.45) is -1.48. The number of benzene rings is 1. The molecule has 0 aromatic heterocycles. The monoisotopic (exact) mass is 286 g/mol. The van der Waals surface area contributed by atoms with Crippen molar-refractivity contribution < 1.29 is 14.6 Å². The molecule has 0 radical (unpaired) electrons. The van der Waals surface area contributed by atoms with E-state index < -0.39 is 17.8 Å². The van der Waals surface area contributed by atoms with Crippen molar-refractivity contribution in [2.45, 2.75) is 32.5 Å². The number of aliphatic hydroxyl groups is 1. The Morgan fingerprint density at radius 3 is 2.68 bits per heavy atom. The highest BCUT2D eigenvalue weighted by Crippen LogP contribution is 2.26. The van der Waals surface area contributed by atoms with E-state index in [0.29, 0.717) is 16.3 Å². The number of aliphatic hydroxyl groups excluding tert-OH is 1. The highest BCUT2D eigenvalue weighted by molar-refractivity contribution is 6.31. The van der Waals surface area contributed by atoms with Crippen LogP contribution in [-0.4, -0.2) is 23.3 Å². The maximum atomic E-state index is 11.7. The van der Waals surface area contributed by atoms with E-state index in [9.17, 15) is 9.90 Å². The van der Waals surface area contributed by atoms with Crippen LogP contribution in [0.15, 0.2) is 18.2 Å². The molecule has 0 saturated carbocycles. The number of rotatable bonds is 3. The third kappa shape index (κ3) is 5.06. The predicted molar refractivity (Wildman–Crippen MR) is 75.3 cm³/mol. The van der Waals surface area contributed by atoms with E-state index in [1.54, 1.807) is 39.0 Å². The number of amides is 1. The SMILES string of the molecule is CC(C)(C)OC(=O)Nc1cc(Cl)ccc1[C@H](O)CN. The molecular formula is C13H19ClN2O3. The lowest BCUT2D eigenvalue weighted by molar-refractivity contribution is 0.0635. The largest absolute Gasteiger partial charge is 0.444 e. The van der Waals surface area contributed by atoms with Gasteiger partial charge in [-0.25, -0.2) is 4.79 Å². The van der Waals surface area contributed by atoms with Gasteiger partial charge in [-0.3, -0.25) is 5.32 Å². The Morgan fingerprint density at radius 2 is 2.16 bits per heavy atom. The van der Waals surface area contributed by atoms with Crippen molar-refractivity contribution >= 4 is 23.4 Å². The average molecular weight is 287 g/mol. The van der Waals surface area contributed by atoms with E-state index in [2.05, 4.69) is 5.32 Å². The quantitative estimate of drug-likeness (QED) is 0.797. The van der Waals surface area contributed by atoms with Crippen LogP contribution in [0.2, 0.25) is 5.02 Å². The molecule has 0 unspecified atom stereocenters. The minimum Gasteiger partial charge on any atom is -0.444 e. The maximum absolute atomic E-state index is 11.7. The van der Waals surface area contributed by atoms with Gasteiger partial charge in [-0.2, -0.15) is 0 Å². The van der Waals surface area contributed by atoms with Gasteiger partial charge in [0.05, 0.1) is 11.8 Å². The first-order valence-corrected chi connectivity index (χ1v) is 6.28. The standard InChI is InChI=1S/C13H19ClN2O3/c1-13(2,3)19-12(18)16-10-6-8(14)4-5-9(10)11(17)7-15/h4-6,11,17H,7,15H2,1-3H3,(H,16,18)/t11-/m1/s1. The fourth-order valence-electron chi connectivity index (χ4n) is 1.47. The molecule has 1 aromatic rings. The van der Waals surface area contributed by atoms with Crippen LogP contribution in [-0.2, 0) is 4.74 Å². The Morgan fingerprint density at radius 1 is 1.53 bits per heavy atom. The molecule has 0 aliphatic rings. The van der Waals surface area contributed by atoms with Gasteiger partial charge in [0.1, 0.15) is 5.60 Å². The molecule has 1 rings (SSSR count). The summed E-state index contributed by atoms with van der Waals surface area (Å²) < 4.78 is 5.14. The summed E-state index contributed by atoms with van der Waals surface area (Å²) in [6.45, 7) is 5.34. The smallest absolute Gasteiger partial charge is 0.412 e. The highest BCUT2D eigenvalue weighted by Gasteiger charge is 2.19. The second-order valence-corrected chi connectivity index (χ2v) is 5.55. The van der Waals surface area contributed by atoms with Gasteiger partial charge in [-0.05, 0) is 32.9 Å². The van der Waals surface area contributed by atoms with E-state index in [-0.39, 0.29) is 6.54 Å². The maximum Gasteiger partial charge on any atom is 0.412 e. The third-order valence-electron chi connectivity index (χ3n) is 2.23. The number of nitrogens with two attached hydrogens (primary N) is 1. The van der Waals surface area contributed by atoms with Gasteiger partial charge >= 0.3 is 6.09 Å². The first-order chi connectivity index (χ1) is 8.73. The summed E-state index contributed by atoms with van der Waals surface area (Å²) in [5, 5.41) is 12.8. The van der Waals surface area contributed by atoms with Gasteiger partial charge in [-0.1, -0.05) is 17.7 Å². The van der Waals surface area contributed by atoms with Crippen molar-refractivity contribution in [2.24, 2.45) is 5.73 Å². The minimum atomic E-state index is -0.873. The van der Waals surface area contributed by atoms with E-state index in [1.165, 1.54) is 0 Å². The fraction of sp³-hybridized carbons (Fsp3) is 0.462. The Kier molecular flexibility index (Phi) is 5.17. The van der Waals surface area contributed by atoms with Crippen molar-refractivity contribution in [2.75, 3.05) is 11.9 Å². The summed E-state index contributed by atoms with van der Waals surface area (Å²) in [7, 11) is 0. The third-order valence-corrected chi connectivity index (χ3v) is 2.47. The highest BCUT2D eigenvalue weighted by atomic mass is 35.5. The molecule has 19 heavy (non-hydrogen) atoms. The van der Waals surface area contributed by atoms with Crippen LogP contribution >= 0.6 is 11.6 Å². The second-order valence-electron chi connectivity index (χ2n) is 5.11. The number of carbonyl (C=O) groups excluding carboxylic acids is 1. The molecule has 0 aliphatic carbocycles. The molecule has 0 heterocycles. The first kappa shape index (κ1) is 15.8. The van der Waals surface area contributed by atoms with Crippen LogP contribution in [0.5, 0.6) is 0 Å². The van der Waals surface area contributed by atoms with Gasteiger partial charge in [0.2, 0.25) is 0 Å². The summed E-state index contributed by atoms with van der Waals surface area (Å²) >= 11 is 5.88. The normalized spacial score (nSPS) is 12.9. The number of ether oxygens (including phenoxy) is 1. The van der Waals surface area contributed by atoms with Crippen LogP contribution in [0.25, 0.3) is 0 Å². The molecule has 0 aliphatic heterocycles. The average Bonchev–Trinajstić information content (AvgIpc) is 2.25. The molecule has 1 aromatic carbocycles. The zero-order chi connectivity index (χ0) is 14.6. The van der Waals surface area contributed by atoms with Crippen LogP contribution in [0, 0.1) is 0 Å². The Hall–Kier alpha value is -1.30. The lowest BCUT2D eigenvalue weighted by Crippen LogP contribution is -2.28. The van der Waals surface area contributed by atoms with Crippen molar-refractivity contribution in [3.8, 4) is 0 Å². The molecule has 0 saturated heterocycles. The van der Waals surface area contributed by atoms with Crippen molar-refractivity contribution in [1.29, 1.82) is 0 Å². The molecule has 0 fully saturated rings. The number of nitrogens with one attached hydrogen (secondary N) is 1. The molecule has 5 nitrogen and oxygen atoms in total. The van der Waals surface area contributed by atoms with Crippen LogP contribution in [0.4, 0.5) is 10.5 Å². The van der Waals surface area contributed by atoms with Crippen molar-refractivity contribution in [3.63, 3.8) is 0 Å². The van der Waals surface area contributed by atoms with Crippen LogP contribution in [0.1, 0.15) is 32.4 Å². The molecule has 1 amide bonds. The van der Waals surface area contributed by atoms with E-state index in [0.717, 1.165) is 0 Å². The van der Waals surface area contributed by atoms with Gasteiger partial charge < -0.3 is 15.6 Å². The summed E-state index contributed by atoms with van der Waals surface area (Å²) in [5.74, 6) is 0. The number of carbonyl (C=O) groups is 1. The molecule has 4 N–H and O–H groups in total. The second kappa shape index (κ2) is 6.23. The summed E-state index contributed by atoms with van der Waals surface area (Å²) in [4.78, 5) is 11.7. The molecule has 1 atom stereocenters. The topological polar surface area (TPSA) is 84.6 Å². The van der Waals surface area contributed by atoms with E-state index >= 15 is 0 Å². The molecule has 0 spiro atoms. The van der Waals surface area contributed by atoms with Crippen molar-refractivity contribution in [3.05, 3.63) is 28.8 Å². The lowest BCUT2D eigenvalue weighted by atomic mass is 10.1. The number of hydrogen-bond donors (Lipinski definition) is 3. The lowest BCUT2D eigenvalue weighted by Gasteiger charge is -2.21. The van der Waals surface area contributed by atoms with Crippen LogP contribution in [0.3, 0.4) is 0 Å². The zero-order valence-corrected chi connectivity index (χ0v) is 12.0. The van der Waals surface area contributed by atoms with Gasteiger partial charge in [0, 0.05) is 17.1 Å². The van der Waals surface area contributed by atoms with Crippen molar-refractivity contribution in [1.82, 2.24) is 0 Å². The number of anilines is 1. The predicted octanol–water partition coefficient (Wildman–Crippen LogP) is 2.68. The molecule has 0 bridgehead atoms. The molecule has 6 heteroatoms. The van der Waals surface area contributed by atoms with Gasteiger partial charge in [0.25, 0.3) is 0 Å². The fourth-order valence-corrected chi connectivity index (χ4v) is 1.64. The van der Waals surface area contributed by atoms with E-state index in [1.807, 2.05) is 0 Å². The summed E-state index contributed by atoms with van der Waals surface area (Å²) in [6, 6.07) is 4.78. The summed E-state index contributed by atoms with van der Waals surface area (Å²) in [5.41, 5.74) is 5.70. The number of hydrogen-bond acceptors (Lipinski definition) is 4. The van der Waals surface area contributed by atoms with Crippen LogP contribution < -0.4 is 11.1 Å². The minimum absolute atomic E-state index is 0.0463. The van der Waals surface area contributed by atoms with Gasteiger partial charge in [-0.15, -0.1) is 0 Å². The Bertz CT molecular complexity index is 458. The van der Waals surface area contributed by atoms with E-state index in [4.69, 9.17) is 22.1 Å². The first-order valence-electron chi connectivity index (χ1n) is 5.90. The number of halogens is 1. The zero-order valence-electron chi connectivity index (χ0n) is 11.2.